The zero-order valence-corrected chi connectivity index (χ0v) is 10.7. The highest BCUT2D eigenvalue weighted by Crippen LogP contribution is 2.33. The van der Waals surface area contributed by atoms with Crippen LogP contribution in [0.3, 0.4) is 0 Å². The van der Waals surface area contributed by atoms with Gasteiger partial charge in [0.2, 0.25) is 0 Å². The third-order valence-corrected chi connectivity index (χ3v) is 3.02. The first kappa shape index (κ1) is 12.2. The summed E-state index contributed by atoms with van der Waals surface area (Å²) < 4.78 is 5.85. The molecule has 1 aliphatic rings. The van der Waals surface area contributed by atoms with Crippen LogP contribution in [0.1, 0.15) is 50.8 Å². The topological polar surface area (TPSA) is 29.5 Å². The Hall–Kier alpha value is -1.28. The second-order valence-electron chi connectivity index (χ2n) is 5.14. The molecule has 2 heteroatoms. The number of rotatable bonds is 3. The molecule has 0 bridgehead atoms. The van der Waals surface area contributed by atoms with Gasteiger partial charge in [-0.1, -0.05) is 25.5 Å². The maximum absolute atomic E-state index is 9.96. The minimum Gasteiger partial charge on any atom is -0.483 e. The van der Waals surface area contributed by atoms with Gasteiger partial charge in [-0.25, -0.2) is 0 Å². The van der Waals surface area contributed by atoms with Gasteiger partial charge in [0.25, 0.3) is 0 Å². The molecule has 0 aliphatic carbocycles. The summed E-state index contributed by atoms with van der Waals surface area (Å²) in [5.74, 6) is 0.893. The van der Waals surface area contributed by atoms with Gasteiger partial charge in [-0.05, 0) is 44.0 Å². The number of aliphatic hydroxyl groups is 1. The predicted molar refractivity (Wildman–Crippen MR) is 70.1 cm³/mol. The van der Waals surface area contributed by atoms with Crippen LogP contribution in [0.4, 0.5) is 0 Å². The van der Waals surface area contributed by atoms with Crippen LogP contribution in [-0.4, -0.2) is 10.7 Å². The standard InChI is InChI=1S/C15H20O2/c1-4-5-13(16)11-6-7-14-12(10-11)8-9-15(2,3)17-14/h6-10,13,16H,4-5H2,1-3H3. The third-order valence-electron chi connectivity index (χ3n) is 3.02. The number of aliphatic hydroxyl groups excluding tert-OH is 1. The summed E-state index contributed by atoms with van der Waals surface area (Å²) in [5, 5.41) is 9.96. The molecule has 0 saturated heterocycles. The summed E-state index contributed by atoms with van der Waals surface area (Å²) in [5.41, 5.74) is 1.78. The van der Waals surface area contributed by atoms with Crippen molar-refractivity contribution in [3.05, 3.63) is 35.4 Å². The van der Waals surface area contributed by atoms with Gasteiger partial charge < -0.3 is 9.84 Å². The average molecular weight is 232 g/mol. The smallest absolute Gasteiger partial charge is 0.127 e. The summed E-state index contributed by atoms with van der Waals surface area (Å²) in [6.07, 6.45) is 5.53. The van der Waals surface area contributed by atoms with Crippen LogP contribution < -0.4 is 4.74 Å². The molecule has 1 aromatic carbocycles. The van der Waals surface area contributed by atoms with E-state index in [-0.39, 0.29) is 11.7 Å². The molecule has 1 N–H and O–H groups in total. The molecule has 1 aromatic rings. The first-order valence-electron chi connectivity index (χ1n) is 6.22. The van der Waals surface area contributed by atoms with E-state index in [0.717, 1.165) is 29.7 Å². The molecule has 0 saturated carbocycles. The maximum Gasteiger partial charge on any atom is 0.127 e. The molecule has 1 atom stereocenters. The Kier molecular flexibility index (Phi) is 3.25. The lowest BCUT2D eigenvalue weighted by Crippen LogP contribution is -2.27. The fourth-order valence-electron chi connectivity index (χ4n) is 2.05. The molecular formula is C15H20O2. The van der Waals surface area contributed by atoms with Crippen molar-refractivity contribution in [2.75, 3.05) is 0 Å². The van der Waals surface area contributed by atoms with Crippen molar-refractivity contribution in [2.45, 2.75) is 45.3 Å². The van der Waals surface area contributed by atoms with E-state index in [1.54, 1.807) is 0 Å². The van der Waals surface area contributed by atoms with Crippen LogP contribution in [0.2, 0.25) is 0 Å². The van der Waals surface area contributed by atoms with Crippen molar-refractivity contribution in [1.29, 1.82) is 0 Å². The Balaban J connectivity index is 2.27. The fraction of sp³-hybridized carbons (Fsp3) is 0.467. The molecule has 1 unspecified atom stereocenters. The van der Waals surface area contributed by atoms with Crippen molar-refractivity contribution in [1.82, 2.24) is 0 Å². The molecule has 0 amide bonds. The van der Waals surface area contributed by atoms with E-state index in [1.165, 1.54) is 0 Å². The lowest BCUT2D eigenvalue weighted by molar-refractivity contribution is 0.157. The zero-order valence-electron chi connectivity index (χ0n) is 10.7. The molecule has 0 aromatic heterocycles. The third kappa shape index (κ3) is 2.70. The number of fused-ring (bicyclic) bond motifs is 1. The van der Waals surface area contributed by atoms with Crippen molar-refractivity contribution < 1.29 is 9.84 Å². The SMILES string of the molecule is CCCC(O)c1ccc2c(c1)C=CC(C)(C)O2. The first-order chi connectivity index (χ1) is 8.02. The van der Waals surface area contributed by atoms with Gasteiger partial charge in [0.15, 0.2) is 0 Å². The molecule has 17 heavy (non-hydrogen) atoms. The molecule has 2 nitrogen and oxygen atoms in total. The molecule has 92 valence electrons. The molecule has 0 radical (unpaired) electrons. The monoisotopic (exact) mass is 232 g/mol. The Morgan fingerprint density at radius 3 is 2.82 bits per heavy atom. The number of benzene rings is 1. The Bertz CT molecular complexity index is 433. The summed E-state index contributed by atoms with van der Waals surface area (Å²) in [4.78, 5) is 0. The lowest BCUT2D eigenvalue weighted by atomic mass is 9.98. The van der Waals surface area contributed by atoms with E-state index in [1.807, 2.05) is 38.1 Å². The minimum atomic E-state index is -0.367. The second kappa shape index (κ2) is 4.53. The minimum absolute atomic E-state index is 0.240. The average Bonchev–Trinajstić information content (AvgIpc) is 2.27. The van der Waals surface area contributed by atoms with Crippen LogP contribution in [0.15, 0.2) is 24.3 Å². The molecule has 0 spiro atoms. The van der Waals surface area contributed by atoms with Gasteiger partial charge in [-0.15, -0.1) is 0 Å². The summed E-state index contributed by atoms with van der Waals surface area (Å²) in [7, 11) is 0. The first-order valence-corrected chi connectivity index (χ1v) is 6.22. The molecule has 1 aliphatic heterocycles. The van der Waals surface area contributed by atoms with Crippen LogP contribution in [0.25, 0.3) is 6.08 Å². The van der Waals surface area contributed by atoms with Crippen molar-refractivity contribution in [3.63, 3.8) is 0 Å². The number of ether oxygens (including phenoxy) is 1. The lowest BCUT2D eigenvalue weighted by Gasteiger charge is -2.28. The van der Waals surface area contributed by atoms with Crippen LogP contribution >= 0.6 is 0 Å². The van der Waals surface area contributed by atoms with Gasteiger partial charge >= 0.3 is 0 Å². The second-order valence-corrected chi connectivity index (χ2v) is 5.14. The van der Waals surface area contributed by atoms with Gasteiger partial charge in [0, 0.05) is 5.56 Å². The molecule has 0 fully saturated rings. The van der Waals surface area contributed by atoms with E-state index < -0.39 is 0 Å². The van der Waals surface area contributed by atoms with Gasteiger partial charge in [0.05, 0.1) is 6.10 Å². The molecular weight excluding hydrogens is 212 g/mol. The highest BCUT2D eigenvalue weighted by atomic mass is 16.5. The van der Waals surface area contributed by atoms with Gasteiger partial charge in [0.1, 0.15) is 11.4 Å². The number of hydrogen-bond acceptors (Lipinski definition) is 2. The van der Waals surface area contributed by atoms with Gasteiger partial charge in [-0.3, -0.25) is 0 Å². The quantitative estimate of drug-likeness (QED) is 0.861. The summed E-state index contributed by atoms with van der Waals surface area (Å²) in [6.45, 7) is 6.14. The van der Waals surface area contributed by atoms with E-state index in [4.69, 9.17) is 4.74 Å². The van der Waals surface area contributed by atoms with E-state index in [9.17, 15) is 5.11 Å². The Labute approximate surface area is 103 Å². The van der Waals surface area contributed by atoms with E-state index in [2.05, 4.69) is 13.0 Å². The zero-order chi connectivity index (χ0) is 12.5. The predicted octanol–water partition coefficient (Wildman–Crippen LogP) is 3.70. The van der Waals surface area contributed by atoms with E-state index in [0.29, 0.717) is 0 Å². The Morgan fingerprint density at radius 1 is 1.35 bits per heavy atom. The van der Waals surface area contributed by atoms with Crippen LogP contribution in [0, 0.1) is 0 Å². The highest BCUT2D eigenvalue weighted by molar-refractivity contribution is 5.61. The van der Waals surface area contributed by atoms with Crippen LogP contribution in [-0.2, 0) is 0 Å². The maximum atomic E-state index is 9.96. The van der Waals surface area contributed by atoms with Crippen molar-refractivity contribution in [3.8, 4) is 5.75 Å². The molecule has 2 rings (SSSR count). The molecule has 1 heterocycles. The van der Waals surface area contributed by atoms with E-state index >= 15 is 0 Å². The largest absolute Gasteiger partial charge is 0.483 e. The number of hydrogen-bond donors (Lipinski definition) is 1. The summed E-state index contributed by atoms with van der Waals surface area (Å²) >= 11 is 0. The normalized spacial score (nSPS) is 18.4. The Morgan fingerprint density at radius 2 is 2.12 bits per heavy atom. The van der Waals surface area contributed by atoms with Crippen LogP contribution in [0.5, 0.6) is 5.75 Å². The van der Waals surface area contributed by atoms with Gasteiger partial charge in [-0.2, -0.15) is 0 Å². The van der Waals surface area contributed by atoms with Crippen molar-refractivity contribution >= 4 is 6.08 Å². The fourth-order valence-corrected chi connectivity index (χ4v) is 2.05. The van der Waals surface area contributed by atoms with Crippen molar-refractivity contribution in [2.24, 2.45) is 0 Å². The summed E-state index contributed by atoms with van der Waals surface area (Å²) in [6, 6.07) is 5.92. The highest BCUT2D eigenvalue weighted by Gasteiger charge is 2.22.